The zero-order valence-corrected chi connectivity index (χ0v) is 22.8. The van der Waals surface area contributed by atoms with E-state index in [-0.39, 0.29) is 18.5 Å². The normalized spacial score (nSPS) is 15.2. The maximum atomic E-state index is 13.6. The molecule has 0 spiro atoms. The number of carbonyl (C=O) groups excluding carboxylic acids is 2. The molecule has 1 N–H and O–H groups in total. The van der Waals surface area contributed by atoms with Gasteiger partial charge < -0.3 is 10.2 Å². The van der Waals surface area contributed by atoms with Crippen molar-refractivity contribution in [1.82, 2.24) is 10.2 Å². The zero-order chi connectivity index (χ0) is 26.3. The molecule has 36 heavy (non-hydrogen) atoms. The number of aryl methyl sites for hydroxylation is 1. The highest BCUT2D eigenvalue weighted by molar-refractivity contribution is 7.92. The molecule has 9 heteroatoms. The van der Waals surface area contributed by atoms with Crippen LogP contribution in [0.5, 0.6) is 0 Å². The summed E-state index contributed by atoms with van der Waals surface area (Å²) in [6, 6.07) is 14.0. The summed E-state index contributed by atoms with van der Waals surface area (Å²) in [6.45, 7) is 3.34. The number of carbonyl (C=O) groups is 2. The van der Waals surface area contributed by atoms with Gasteiger partial charge in [0.1, 0.15) is 12.6 Å². The fourth-order valence-electron chi connectivity index (χ4n) is 4.58. The van der Waals surface area contributed by atoms with Crippen LogP contribution in [-0.4, -0.2) is 56.6 Å². The van der Waals surface area contributed by atoms with Crippen LogP contribution in [-0.2, 0) is 26.0 Å². The van der Waals surface area contributed by atoms with Crippen molar-refractivity contribution in [2.24, 2.45) is 0 Å². The van der Waals surface area contributed by atoms with E-state index in [1.807, 2.05) is 30.3 Å². The number of rotatable bonds is 10. The molecule has 0 bridgehead atoms. The number of amides is 2. The largest absolute Gasteiger partial charge is 0.352 e. The molecule has 2 aromatic carbocycles. The molecule has 0 heterocycles. The predicted octanol–water partition coefficient (Wildman–Crippen LogP) is 4.32. The van der Waals surface area contributed by atoms with Gasteiger partial charge in [-0.3, -0.25) is 13.9 Å². The van der Waals surface area contributed by atoms with Gasteiger partial charge in [0.15, 0.2) is 0 Å². The van der Waals surface area contributed by atoms with Crippen LogP contribution >= 0.6 is 11.6 Å². The molecular formula is C27H36ClN3O4S. The molecule has 1 fully saturated rings. The van der Waals surface area contributed by atoms with Gasteiger partial charge in [0.25, 0.3) is 0 Å². The van der Waals surface area contributed by atoms with Gasteiger partial charge in [0.2, 0.25) is 21.8 Å². The van der Waals surface area contributed by atoms with E-state index in [0.29, 0.717) is 22.7 Å². The highest BCUT2D eigenvalue weighted by Gasteiger charge is 2.31. The van der Waals surface area contributed by atoms with E-state index in [9.17, 15) is 18.0 Å². The molecule has 0 saturated heterocycles. The molecule has 1 aliphatic rings. The standard InChI is InChI=1S/C27H36ClN3O4S/c1-20-14-15-23(28)18-25(20)31(36(3,34)35)19-26(32)30(17-16-22-10-6-4-7-11-22)21(2)27(33)29-24-12-8-5-9-13-24/h4,6-7,10-11,14-15,18,21,24H,5,8-9,12-13,16-17,19H2,1-3H3,(H,29,33)/t21-/m1/s1. The van der Waals surface area contributed by atoms with Crippen LogP contribution in [0.1, 0.15) is 50.2 Å². The Morgan fingerprint density at radius 3 is 2.39 bits per heavy atom. The molecule has 2 amide bonds. The molecule has 7 nitrogen and oxygen atoms in total. The summed E-state index contributed by atoms with van der Waals surface area (Å²) in [5.74, 6) is -0.657. The Bertz CT molecular complexity index is 1150. The molecule has 0 unspecified atom stereocenters. The molecule has 1 aliphatic carbocycles. The van der Waals surface area contributed by atoms with Gasteiger partial charge >= 0.3 is 0 Å². The Hall–Kier alpha value is -2.58. The quantitative estimate of drug-likeness (QED) is 0.492. The van der Waals surface area contributed by atoms with Crippen molar-refractivity contribution in [2.45, 2.75) is 64.5 Å². The Morgan fingerprint density at radius 1 is 1.08 bits per heavy atom. The number of hydrogen-bond acceptors (Lipinski definition) is 4. The zero-order valence-electron chi connectivity index (χ0n) is 21.2. The SMILES string of the molecule is Cc1ccc(Cl)cc1N(CC(=O)N(CCc1ccccc1)[C@H](C)C(=O)NC1CCCCC1)S(C)(=O)=O. The van der Waals surface area contributed by atoms with E-state index in [1.165, 1.54) is 11.3 Å². The topological polar surface area (TPSA) is 86.8 Å². The van der Waals surface area contributed by atoms with E-state index in [1.54, 1.807) is 32.0 Å². The lowest BCUT2D eigenvalue weighted by Crippen LogP contribution is -2.53. The molecule has 196 valence electrons. The maximum absolute atomic E-state index is 13.6. The molecule has 0 radical (unpaired) electrons. The van der Waals surface area contributed by atoms with Crippen LogP contribution in [0, 0.1) is 6.92 Å². The summed E-state index contributed by atoms with van der Waals surface area (Å²) in [7, 11) is -3.79. The van der Waals surface area contributed by atoms with Gasteiger partial charge in [-0.25, -0.2) is 8.42 Å². The van der Waals surface area contributed by atoms with Crippen LogP contribution in [0.2, 0.25) is 5.02 Å². The second-order valence-corrected chi connectivity index (χ2v) is 11.9. The van der Waals surface area contributed by atoms with Crippen molar-refractivity contribution in [3.8, 4) is 0 Å². The average molecular weight is 534 g/mol. The van der Waals surface area contributed by atoms with Gasteiger partial charge in [-0.05, 0) is 56.4 Å². The second-order valence-electron chi connectivity index (χ2n) is 9.54. The Labute approximate surface area is 219 Å². The van der Waals surface area contributed by atoms with Crippen LogP contribution in [0.15, 0.2) is 48.5 Å². The number of hydrogen-bond donors (Lipinski definition) is 1. The number of nitrogens with zero attached hydrogens (tertiary/aromatic N) is 2. The van der Waals surface area contributed by atoms with Crippen LogP contribution in [0.25, 0.3) is 0 Å². The summed E-state index contributed by atoms with van der Waals surface area (Å²) >= 11 is 6.14. The predicted molar refractivity (Wildman–Crippen MR) is 145 cm³/mol. The second kappa shape index (κ2) is 12.6. The number of nitrogens with one attached hydrogen (secondary N) is 1. The van der Waals surface area contributed by atoms with Crippen LogP contribution in [0.3, 0.4) is 0 Å². The number of anilines is 1. The highest BCUT2D eigenvalue weighted by Crippen LogP contribution is 2.26. The van der Waals surface area contributed by atoms with Gasteiger partial charge in [-0.15, -0.1) is 0 Å². The Morgan fingerprint density at radius 2 is 1.75 bits per heavy atom. The van der Waals surface area contributed by atoms with E-state index in [0.717, 1.165) is 41.8 Å². The summed E-state index contributed by atoms with van der Waals surface area (Å²) in [6.07, 6.45) is 6.82. The third-order valence-corrected chi connectivity index (χ3v) is 8.08. The lowest BCUT2D eigenvalue weighted by molar-refractivity contribution is -0.139. The van der Waals surface area contributed by atoms with Crippen LogP contribution in [0.4, 0.5) is 5.69 Å². The van der Waals surface area contributed by atoms with Crippen molar-refractivity contribution in [2.75, 3.05) is 23.7 Å². The molecule has 1 saturated carbocycles. The minimum absolute atomic E-state index is 0.112. The first kappa shape index (κ1) is 28.0. The first-order chi connectivity index (χ1) is 17.1. The fraction of sp³-hybridized carbons (Fsp3) is 0.481. The summed E-state index contributed by atoms with van der Waals surface area (Å²) in [4.78, 5) is 28.3. The van der Waals surface area contributed by atoms with Gasteiger partial charge in [-0.2, -0.15) is 0 Å². The van der Waals surface area contributed by atoms with Crippen molar-refractivity contribution in [3.05, 3.63) is 64.7 Å². The van der Waals surface area contributed by atoms with Crippen molar-refractivity contribution < 1.29 is 18.0 Å². The third-order valence-electron chi connectivity index (χ3n) is 6.72. The summed E-state index contributed by atoms with van der Waals surface area (Å²) < 4.78 is 26.5. The van der Waals surface area contributed by atoms with Crippen molar-refractivity contribution in [1.29, 1.82) is 0 Å². The first-order valence-electron chi connectivity index (χ1n) is 12.4. The van der Waals surface area contributed by atoms with Crippen molar-refractivity contribution >= 4 is 39.1 Å². The van der Waals surface area contributed by atoms with Gasteiger partial charge in [0.05, 0.1) is 11.9 Å². The molecule has 2 aromatic rings. The summed E-state index contributed by atoms with van der Waals surface area (Å²) in [5.41, 5.74) is 2.05. The first-order valence-corrected chi connectivity index (χ1v) is 14.7. The van der Waals surface area contributed by atoms with Crippen molar-refractivity contribution in [3.63, 3.8) is 0 Å². The molecular weight excluding hydrogens is 498 g/mol. The van der Waals surface area contributed by atoms with E-state index in [2.05, 4.69) is 5.32 Å². The maximum Gasteiger partial charge on any atom is 0.244 e. The smallest absolute Gasteiger partial charge is 0.244 e. The molecule has 3 rings (SSSR count). The van der Waals surface area contributed by atoms with E-state index < -0.39 is 28.5 Å². The number of halogens is 1. The highest BCUT2D eigenvalue weighted by atomic mass is 35.5. The fourth-order valence-corrected chi connectivity index (χ4v) is 5.65. The lowest BCUT2D eigenvalue weighted by Gasteiger charge is -2.33. The van der Waals surface area contributed by atoms with Gasteiger partial charge in [0, 0.05) is 17.6 Å². The monoisotopic (exact) mass is 533 g/mol. The lowest BCUT2D eigenvalue weighted by atomic mass is 9.95. The Kier molecular flexibility index (Phi) is 9.79. The minimum atomic E-state index is -3.79. The summed E-state index contributed by atoms with van der Waals surface area (Å²) in [5, 5.41) is 3.47. The van der Waals surface area contributed by atoms with Gasteiger partial charge in [-0.1, -0.05) is 67.3 Å². The van der Waals surface area contributed by atoms with E-state index >= 15 is 0 Å². The Balaban J connectivity index is 1.84. The van der Waals surface area contributed by atoms with Crippen LogP contribution < -0.4 is 9.62 Å². The number of sulfonamides is 1. The molecule has 0 aromatic heterocycles. The molecule has 1 atom stereocenters. The molecule has 0 aliphatic heterocycles. The number of benzene rings is 2. The third kappa shape index (κ3) is 7.71. The van der Waals surface area contributed by atoms with E-state index in [4.69, 9.17) is 11.6 Å². The minimum Gasteiger partial charge on any atom is -0.352 e. The average Bonchev–Trinajstić information content (AvgIpc) is 2.84.